The number of ether oxygens (including phenoxy) is 1. The molecular weight excluding hydrogens is 420 g/mol. The van der Waals surface area contributed by atoms with Gasteiger partial charge in [0, 0.05) is 18.9 Å². The first-order valence-corrected chi connectivity index (χ1v) is 11.6. The minimum absolute atomic E-state index is 0.0117. The van der Waals surface area contributed by atoms with Gasteiger partial charge in [-0.25, -0.2) is 9.59 Å². The van der Waals surface area contributed by atoms with Crippen molar-refractivity contribution < 1.29 is 24.2 Å². The fourth-order valence-electron chi connectivity index (χ4n) is 4.30. The molecule has 0 fully saturated rings. The van der Waals surface area contributed by atoms with Crippen LogP contribution in [0.25, 0.3) is 11.1 Å². The second-order valence-electron chi connectivity index (χ2n) is 8.43. The van der Waals surface area contributed by atoms with Crippen LogP contribution in [-0.4, -0.2) is 42.3 Å². The van der Waals surface area contributed by atoms with Crippen LogP contribution >= 0.6 is 0 Å². The van der Waals surface area contributed by atoms with E-state index in [1.54, 1.807) is 0 Å². The molecule has 0 aliphatic heterocycles. The molecule has 0 heterocycles. The summed E-state index contributed by atoms with van der Waals surface area (Å²) in [5.41, 5.74) is 4.63. The first kappa shape index (κ1) is 24.3. The summed E-state index contributed by atoms with van der Waals surface area (Å²) in [4.78, 5) is 35.9. The van der Waals surface area contributed by atoms with E-state index < -0.39 is 18.1 Å². The van der Waals surface area contributed by atoms with Gasteiger partial charge in [0.15, 0.2) is 0 Å². The van der Waals surface area contributed by atoms with E-state index in [0.717, 1.165) is 11.1 Å². The van der Waals surface area contributed by atoms with Crippen LogP contribution < -0.4 is 10.6 Å². The molecule has 1 unspecified atom stereocenters. The number of carboxylic acids is 1. The summed E-state index contributed by atoms with van der Waals surface area (Å²) in [5, 5.41) is 14.5. The van der Waals surface area contributed by atoms with Gasteiger partial charge in [-0.1, -0.05) is 75.2 Å². The minimum atomic E-state index is -1.03. The summed E-state index contributed by atoms with van der Waals surface area (Å²) in [6.07, 6.45) is 1.34. The number of hydrogen-bond donors (Lipinski definition) is 3. The van der Waals surface area contributed by atoms with Gasteiger partial charge in [0.05, 0.1) is 0 Å². The van der Waals surface area contributed by atoms with Crippen molar-refractivity contribution in [1.82, 2.24) is 10.6 Å². The molecule has 7 nitrogen and oxygen atoms in total. The van der Waals surface area contributed by atoms with Crippen molar-refractivity contribution >= 4 is 18.0 Å². The first-order chi connectivity index (χ1) is 15.9. The lowest BCUT2D eigenvalue weighted by atomic mass is 9.98. The maximum Gasteiger partial charge on any atom is 0.407 e. The third-order valence-electron chi connectivity index (χ3n) is 6.14. The molecule has 2 aromatic carbocycles. The lowest BCUT2D eigenvalue weighted by molar-refractivity contribution is -0.142. The van der Waals surface area contributed by atoms with E-state index in [1.807, 2.05) is 38.1 Å². The second kappa shape index (κ2) is 11.5. The van der Waals surface area contributed by atoms with E-state index in [2.05, 4.69) is 34.9 Å². The van der Waals surface area contributed by atoms with E-state index in [4.69, 9.17) is 4.74 Å². The SMILES string of the molecule is CCC[C@@H](NC(=O)CC(CC)CNC(=O)OCC1c2ccccc2-c2ccccc21)C(=O)O. The number of benzene rings is 2. The van der Waals surface area contributed by atoms with Crippen molar-refractivity contribution in [2.24, 2.45) is 5.92 Å². The fraction of sp³-hybridized carbons (Fsp3) is 0.423. The maximum absolute atomic E-state index is 12.4. The number of carbonyl (C=O) groups excluding carboxylic acids is 2. The molecule has 0 bridgehead atoms. The Bertz CT molecular complexity index is 945. The molecule has 2 atom stereocenters. The molecule has 2 aromatic rings. The van der Waals surface area contributed by atoms with Gasteiger partial charge in [0.1, 0.15) is 12.6 Å². The molecule has 3 rings (SSSR count). The van der Waals surface area contributed by atoms with Crippen LogP contribution in [0, 0.1) is 5.92 Å². The Hall–Kier alpha value is -3.35. The Balaban J connectivity index is 1.50. The van der Waals surface area contributed by atoms with Crippen LogP contribution in [0.3, 0.4) is 0 Å². The Kier molecular flexibility index (Phi) is 8.46. The molecule has 3 N–H and O–H groups in total. The first-order valence-electron chi connectivity index (χ1n) is 11.6. The van der Waals surface area contributed by atoms with Crippen LogP contribution in [0.15, 0.2) is 48.5 Å². The molecule has 1 aliphatic carbocycles. The summed E-state index contributed by atoms with van der Waals surface area (Å²) >= 11 is 0. The lowest BCUT2D eigenvalue weighted by Crippen LogP contribution is -2.42. The van der Waals surface area contributed by atoms with Gasteiger partial charge in [0.2, 0.25) is 5.91 Å². The minimum Gasteiger partial charge on any atom is -0.480 e. The highest BCUT2D eigenvalue weighted by molar-refractivity contribution is 5.83. The van der Waals surface area contributed by atoms with Gasteiger partial charge in [-0.05, 0) is 34.6 Å². The molecule has 176 valence electrons. The van der Waals surface area contributed by atoms with Crippen LogP contribution in [0.4, 0.5) is 4.79 Å². The number of carboxylic acid groups (broad SMARTS) is 1. The van der Waals surface area contributed by atoms with Crippen LogP contribution in [0.2, 0.25) is 0 Å². The number of nitrogens with one attached hydrogen (secondary N) is 2. The Morgan fingerprint density at radius 1 is 1.00 bits per heavy atom. The predicted octanol–water partition coefficient (Wildman–Crippen LogP) is 4.31. The lowest BCUT2D eigenvalue weighted by Gasteiger charge is -2.19. The topological polar surface area (TPSA) is 105 Å². The van der Waals surface area contributed by atoms with Crippen molar-refractivity contribution in [3.63, 3.8) is 0 Å². The van der Waals surface area contributed by atoms with Gasteiger partial charge in [-0.2, -0.15) is 0 Å². The number of rotatable bonds is 11. The van der Waals surface area contributed by atoms with Gasteiger partial charge < -0.3 is 20.5 Å². The summed E-state index contributed by atoms with van der Waals surface area (Å²) < 4.78 is 5.54. The Morgan fingerprint density at radius 2 is 1.61 bits per heavy atom. The second-order valence-corrected chi connectivity index (χ2v) is 8.43. The van der Waals surface area contributed by atoms with Crippen LogP contribution in [-0.2, 0) is 14.3 Å². The quantitative estimate of drug-likeness (QED) is 0.471. The number of aliphatic carboxylic acids is 1. The zero-order chi connectivity index (χ0) is 23.8. The maximum atomic E-state index is 12.4. The highest BCUT2D eigenvalue weighted by Gasteiger charge is 2.29. The van der Waals surface area contributed by atoms with Crippen molar-refractivity contribution in [3.8, 4) is 11.1 Å². The summed E-state index contributed by atoms with van der Waals surface area (Å²) in [6.45, 7) is 4.31. The Morgan fingerprint density at radius 3 is 2.15 bits per heavy atom. The number of alkyl carbamates (subject to hydrolysis) is 1. The average molecular weight is 453 g/mol. The van der Waals surface area contributed by atoms with E-state index >= 15 is 0 Å². The molecule has 0 radical (unpaired) electrons. The van der Waals surface area contributed by atoms with Crippen molar-refractivity contribution in [2.45, 2.75) is 51.5 Å². The molecule has 0 spiro atoms. The summed E-state index contributed by atoms with van der Waals surface area (Å²) in [6, 6.07) is 15.4. The average Bonchev–Trinajstić information content (AvgIpc) is 3.13. The number of amides is 2. The van der Waals surface area contributed by atoms with Crippen molar-refractivity contribution in [1.29, 1.82) is 0 Å². The third kappa shape index (κ3) is 6.12. The highest BCUT2D eigenvalue weighted by Crippen LogP contribution is 2.44. The van der Waals surface area contributed by atoms with E-state index in [1.165, 1.54) is 11.1 Å². The molecule has 0 saturated heterocycles. The molecule has 7 heteroatoms. The van der Waals surface area contributed by atoms with Gasteiger partial charge >= 0.3 is 12.1 Å². The molecular formula is C26H32N2O5. The normalized spacial score (nSPS) is 14.0. The molecule has 2 amide bonds. The molecule has 33 heavy (non-hydrogen) atoms. The number of fused-ring (bicyclic) bond motifs is 3. The summed E-state index contributed by atoms with van der Waals surface area (Å²) in [7, 11) is 0. The van der Waals surface area contributed by atoms with E-state index in [-0.39, 0.29) is 37.3 Å². The molecule has 1 aliphatic rings. The fourth-order valence-corrected chi connectivity index (χ4v) is 4.30. The van der Waals surface area contributed by atoms with Gasteiger partial charge in [-0.3, -0.25) is 4.79 Å². The third-order valence-corrected chi connectivity index (χ3v) is 6.14. The smallest absolute Gasteiger partial charge is 0.407 e. The van der Waals surface area contributed by atoms with Crippen LogP contribution in [0.5, 0.6) is 0 Å². The van der Waals surface area contributed by atoms with E-state index in [0.29, 0.717) is 19.3 Å². The number of carbonyl (C=O) groups is 3. The van der Waals surface area contributed by atoms with E-state index in [9.17, 15) is 19.5 Å². The van der Waals surface area contributed by atoms with Crippen molar-refractivity contribution in [3.05, 3.63) is 59.7 Å². The highest BCUT2D eigenvalue weighted by atomic mass is 16.5. The monoisotopic (exact) mass is 452 g/mol. The molecule has 0 aromatic heterocycles. The van der Waals surface area contributed by atoms with Gasteiger partial charge in [0.25, 0.3) is 0 Å². The number of hydrogen-bond acceptors (Lipinski definition) is 4. The summed E-state index contributed by atoms with van der Waals surface area (Å²) in [5.74, 6) is -1.48. The zero-order valence-electron chi connectivity index (χ0n) is 19.2. The standard InChI is InChI=1S/C26H32N2O5/c1-3-9-23(25(30)31)28-24(29)14-17(4-2)15-27-26(32)33-16-22-20-12-7-5-10-18(20)19-11-6-8-13-21(19)22/h5-8,10-13,17,22-23H,3-4,9,14-16H2,1-2H3,(H,27,32)(H,28,29)(H,30,31)/t17?,23-/m1/s1. The zero-order valence-corrected chi connectivity index (χ0v) is 19.2. The Labute approximate surface area is 194 Å². The predicted molar refractivity (Wildman–Crippen MR) is 126 cm³/mol. The van der Waals surface area contributed by atoms with Gasteiger partial charge in [-0.15, -0.1) is 0 Å². The largest absolute Gasteiger partial charge is 0.480 e. The molecule has 0 saturated carbocycles. The van der Waals surface area contributed by atoms with Crippen molar-refractivity contribution in [2.75, 3.05) is 13.2 Å². The van der Waals surface area contributed by atoms with Crippen LogP contribution in [0.1, 0.15) is 56.6 Å².